The molecule has 0 fully saturated rings. The molecule has 0 bridgehead atoms. The number of nitrogens with zero attached hydrogens (tertiary/aromatic N) is 1. The first-order valence-electron chi connectivity index (χ1n) is 4.31. The molecule has 76 valence electrons. The minimum atomic E-state index is -0.903. The van der Waals surface area contributed by atoms with Crippen molar-refractivity contribution in [3.8, 4) is 6.07 Å². The molecule has 0 aliphatic carbocycles. The molecule has 1 aromatic rings. The third kappa shape index (κ3) is 3.16. The van der Waals surface area contributed by atoms with Crippen molar-refractivity contribution in [3.05, 3.63) is 35.4 Å². The number of nitriles is 1. The molecule has 0 aliphatic heterocycles. The maximum Gasteiger partial charge on any atom is 0.307 e. The third-order valence-electron chi connectivity index (χ3n) is 1.79. The van der Waals surface area contributed by atoms with Crippen molar-refractivity contribution < 1.29 is 9.90 Å². The summed E-state index contributed by atoms with van der Waals surface area (Å²) in [7, 11) is 0. The van der Waals surface area contributed by atoms with Crippen LogP contribution in [0.25, 0.3) is 6.08 Å². The van der Waals surface area contributed by atoms with Gasteiger partial charge in [-0.25, -0.2) is 0 Å². The van der Waals surface area contributed by atoms with Crippen LogP contribution in [0.1, 0.15) is 17.5 Å². The largest absolute Gasteiger partial charge is 0.481 e. The number of carboxylic acids is 1. The number of anilines is 1. The van der Waals surface area contributed by atoms with Gasteiger partial charge < -0.3 is 10.8 Å². The van der Waals surface area contributed by atoms with Crippen molar-refractivity contribution in [2.75, 3.05) is 5.73 Å². The fourth-order valence-electron chi connectivity index (χ4n) is 1.10. The summed E-state index contributed by atoms with van der Waals surface area (Å²) in [6.07, 6.45) is 3.04. The van der Waals surface area contributed by atoms with Gasteiger partial charge in [0.1, 0.15) is 0 Å². The van der Waals surface area contributed by atoms with Crippen LogP contribution in [0.5, 0.6) is 0 Å². The Kier molecular flexibility index (Phi) is 3.47. The van der Waals surface area contributed by atoms with Crippen LogP contribution in [0.3, 0.4) is 0 Å². The first-order valence-corrected chi connectivity index (χ1v) is 4.31. The molecule has 0 aromatic heterocycles. The predicted octanol–water partition coefficient (Wildman–Crippen LogP) is 1.63. The van der Waals surface area contributed by atoms with Gasteiger partial charge in [0.15, 0.2) is 0 Å². The maximum atomic E-state index is 10.3. The smallest absolute Gasteiger partial charge is 0.307 e. The van der Waals surface area contributed by atoms with Gasteiger partial charge in [0.25, 0.3) is 0 Å². The minimum Gasteiger partial charge on any atom is -0.481 e. The summed E-state index contributed by atoms with van der Waals surface area (Å²) in [4.78, 5) is 10.3. The van der Waals surface area contributed by atoms with Crippen molar-refractivity contribution in [2.24, 2.45) is 0 Å². The normalized spacial score (nSPS) is 10.1. The van der Waals surface area contributed by atoms with E-state index in [1.807, 2.05) is 6.07 Å². The van der Waals surface area contributed by atoms with Crippen LogP contribution in [0.4, 0.5) is 5.69 Å². The second-order valence-corrected chi connectivity index (χ2v) is 2.96. The molecule has 4 nitrogen and oxygen atoms in total. The molecule has 0 spiro atoms. The molecule has 1 aromatic carbocycles. The summed E-state index contributed by atoms with van der Waals surface area (Å²) in [5, 5.41) is 17.2. The molecule has 4 heteroatoms. The molecule has 0 saturated heterocycles. The van der Waals surface area contributed by atoms with Crippen LogP contribution in [-0.2, 0) is 4.79 Å². The molecule has 0 aliphatic rings. The van der Waals surface area contributed by atoms with E-state index in [0.717, 1.165) is 0 Å². The van der Waals surface area contributed by atoms with Crippen molar-refractivity contribution >= 4 is 17.7 Å². The van der Waals surface area contributed by atoms with E-state index in [4.69, 9.17) is 16.1 Å². The van der Waals surface area contributed by atoms with Gasteiger partial charge in [-0.1, -0.05) is 18.2 Å². The number of hydrogen-bond donors (Lipinski definition) is 2. The van der Waals surface area contributed by atoms with E-state index in [9.17, 15) is 4.79 Å². The fourth-order valence-corrected chi connectivity index (χ4v) is 1.10. The quantitative estimate of drug-likeness (QED) is 0.729. The molecule has 0 heterocycles. The van der Waals surface area contributed by atoms with Gasteiger partial charge in [-0.15, -0.1) is 0 Å². The number of carbonyl (C=O) groups is 1. The maximum absolute atomic E-state index is 10.3. The van der Waals surface area contributed by atoms with Gasteiger partial charge in [-0.2, -0.15) is 5.26 Å². The Morgan fingerprint density at radius 2 is 2.33 bits per heavy atom. The van der Waals surface area contributed by atoms with E-state index in [1.165, 1.54) is 6.08 Å². The summed E-state index contributed by atoms with van der Waals surface area (Å²) in [6.45, 7) is 0. The zero-order valence-corrected chi connectivity index (χ0v) is 7.97. The Morgan fingerprint density at radius 3 is 2.93 bits per heavy atom. The van der Waals surface area contributed by atoms with Gasteiger partial charge in [0.05, 0.1) is 18.1 Å². The number of nitrogens with two attached hydrogens (primary N) is 1. The molecular weight excluding hydrogens is 192 g/mol. The standard InChI is InChI=1S/C11H10N2O2/c12-7-9-6-10(13)5-4-8(9)2-1-3-11(14)15/h1-2,4-6H,3,13H2,(H,14,15). The van der Waals surface area contributed by atoms with Crippen LogP contribution < -0.4 is 5.73 Å². The molecule has 3 N–H and O–H groups in total. The average molecular weight is 202 g/mol. The Bertz CT molecular complexity index is 444. The van der Waals surface area contributed by atoms with Crippen molar-refractivity contribution in [2.45, 2.75) is 6.42 Å². The highest BCUT2D eigenvalue weighted by Crippen LogP contribution is 2.14. The summed E-state index contributed by atoms with van der Waals surface area (Å²) < 4.78 is 0. The monoisotopic (exact) mass is 202 g/mol. The summed E-state index contributed by atoms with van der Waals surface area (Å²) in [6, 6.07) is 6.91. The Morgan fingerprint density at radius 1 is 1.60 bits per heavy atom. The number of hydrogen-bond acceptors (Lipinski definition) is 3. The van der Waals surface area contributed by atoms with Gasteiger partial charge in [-0.3, -0.25) is 4.79 Å². The second-order valence-electron chi connectivity index (χ2n) is 2.96. The molecule has 0 amide bonds. The second kappa shape index (κ2) is 4.82. The van der Waals surface area contributed by atoms with Crippen LogP contribution in [0, 0.1) is 11.3 Å². The highest BCUT2D eigenvalue weighted by Gasteiger charge is 1.99. The lowest BCUT2D eigenvalue weighted by Crippen LogP contribution is -1.91. The average Bonchev–Trinajstić information content (AvgIpc) is 2.19. The summed E-state index contributed by atoms with van der Waals surface area (Å²) in [5.74, 6) is -0.903. The van der Waals surface area contributed by atoms with Gasteiger partial charge in [0.2, 0.25) is 0 Å². The lowest BCUT2D eigenvalue weighted by molar-refractivity contribution is -0.135. The number of benzene rings is 1. The van der Waals surface area contributed by atoms with Crippen LogP contribution in [0.15, 0.2) is 24.3 Å². The Labute approximate surface area is 87.3 Å². The summed E-state index contributed by atoms with van der Waals surface area (Å²) >= 11 is 0. The lowest BCUT2D eigenvalue weighted by atomic mass is 10.1. The Hall–Kier alpha value is -2.28. The molecule has 1 rings (SSSR count). The lowest BCUT2D eigenvalue weighted by Gasteiger charge is -1.98. The van der Waals surface area contributed by atoms with E-state index in [0.29, 0.717) is 16.8 Å². The van der Waals surface area contributed by atoms with E-state index in [-0.39, 0.29) is 6.42 Å². The highest BCUT2D eigenvalue weighted by molar-refractivity contribution is 5.71. The minimum absolute atomic E-state index is 0.0603. The van der Waals surface area contributed by atoms with Crippen LogP contribution >= 0.6 is 0 Å². The zero-order valence-electron chi connectivity index (χ0n) is 7.97. The van der Waals surface area contributed by atoms with E-state index in [2.05, 4.69) is 0 Å². The third-order valence-corrected chi connectivity index (χ3v) is 1.79. The SMILES string of the molecule is N#Cc1cc(N)ccc1C=CCC(=O)O. The van der Waals surface area contributed by atoms with Gasteiger partial charge >= 0.3 is 5.97 Å². The van der Waals surface area contributed by atoms with Gasteiger partial charge in [-0.05, 0) is 17.7 Å². The Balaban J connectivity index is 2.91. The molecule has 15 heavy (non-hydrogen) atoms. The van der Waals surface area contributed by atoms with E-state index >= 15 is 0 Å². The first-order chi connectivity index (χ1) is 7.13. The van der Waals surface area contributed by atoms with E-state index < -0.39 is 5.97 Å². The van der Waals surface area contributed by atoms with Crippen LogP contribution in [0.2, 0.25) is 0 Å². The molecule has 0 atom stereocenters. The highest BCUT2D eigenvalue weighted by atomic mass is 16.4. The first kappa shape index (κ1) is 10.8. The molecule has 0 radical (unpaired) electrons. The molecule has 0 saturated carbocycles. The number of carboxylic acid groups (broad SMARTS) is 1. The van der Waals surface area contributed by atoms with Crippen molar-refractivity contribution in [1.82, 2.24) is 0 Å². The van der Waals surface area contributed by atoms with E-state index in [1.54, 1.807) is 24.3 Å². The number of nitrogen functional groups attached to an aromatic ring is 1. The topological polar surface area (TPSA) is 87.1 Å². The predicted molar refractivity (Wildman–Crippen MR) is 56.9 cm³/mol. The zero-order chi connectivity index (χ0) is 11.3. The number of aliphatic carboxylic acids is 1. The fraction of sp³-hybridized carbons (Fsp3) is 0.0909. The summed E-state index contributed by atoms with van der Waals surface area (Å²) in [5.41, 5.74) is 7.14. The molecular formula is C11H10N2O2. The van der Waals surface area contributed by atoms with Crippen LogP contribution in [-0.4, -0.2) is 11.1 Å². The van der Waals surface area contributed by atoms with Crippen molar-refractivity contribution in [3.63, 3.8) is 0 Å². The van der Waals surface area contributed by atoms with Crippen molar-refractivity contribution in [1.29, 1.82) is 5.26 Å². The number of rotatable bonds is 3. The van der Waals surface area contributed by atoms with Gasteiger partial charge in [0, 0.05) is 5.69 Å². The molecule has 0 unspecified atom stereocenters.